The first-order chi connectivity index (χ1) is 7.00. The Morgan fingerprint density at radius 2 is 2.07 bits per heavy atom. The molecule has 0 aliphatic heterocycles. The third-order valence-corrected chi connectivity index (χ3v) is 3.58. The average Bonchev–Trinajstić information content (AvgIpc) is 2.15. The molecule has 1 aliphatic rings. The molecule has 1 rings (SSSR count). The number of hydrogen-bond donors (Lipinski definition) is 1. The van der Waals surface area contributed by atoms with Crippen LogP contribution in [0, 0.1) is 11.8 Å². The van der Waals surface area contributed by atoms with Gasteiger partial charge in [-0.05, 0) is 32.6 Å². The van der Waals surface area contributed by atoms with Crippen LogP contribution in [0.15, 0.2) is 0 Å². The molecule has 1 aliphatic carbocycles. The zero-order chi connectivity index (χ0) is 11.5. The summed E-state index contributed by atoms with van der Waals surface area (Å²) in [5, 5.41) is 9.61. The number of unbranched alkanes of at least 4 members (excludes halogenated alkanes) is 1. The van der Waals surface area contributed by atoms with E-state index in [1.807, 2.05) is 6.92 Å². The van der Waals surface area contributed by atoms with Crippen molar-refractivity contribution in [2.24, 2.45) is 11.8 Å². The van der Waals surface area contributed by atoms with Crippen molar-refractivity contribution in [3.63, 3.8) is 0 Å². The molecule has 88 valence electrons. The van der Waals surface area contributed by atoms with Gasteiger partial charge in [0.2, 0.25) is 0 Å². The Bertz CT molecular complexity index is 213. The number of aliphatic hydroxyl groups is 1. The summed E-state index contributed by atoms with van der Waals surface area (Å²) < 4.78 is 0. The Hall–Kier alpha value is -0.370. The van der Waals surface area contributed by atoms with Gasteiger partial charge in [-0.15, -0.1) is 0 Å². The highest BCUT2D eigenvalue weighted by Crippen LogP contribution is 2.40. The lowest BCUT2D eigenvalue weighted by atomic mass is 9.67. The van der Waals surface area contributed by atoms with Crippen LogP contribution in [0.2, 0.25) is 0 Å². The predicted molar refractivity (Wildman–Crippen MR) is 61.7 cm³/mol. The standard InChI is InChI=1S/C13H24O2/c1-4-6-7-10(5-2)12(14)11-8-13(3,15)9-11/h10-11,15H,4-9H2,1-3H3. The van der Waals surface area contributed by atoms with Crippen LogP contribution in [0.5, 0.6) is 0 Å². The molecule has 1 N–H and O–H groups in total. The molecule has 0 amide bonds. The molecule has 0 saturated heterocycles. The van der Waals surface area contributed by atoms with E-state index in [4.69, 9.17) is 0 Å². The summed E-state index contributed by atoms with van der Waals surface area (Å²) in [6.45, 7) is 6.07. The molecule has 15 heavy (non-hydrogen) atoms. The SMILES string of the molecule is CCCCC(CC)C(=O)C1CC(C)(O)C1. The van der Waals surface area contributed by atoms with Crippen molar-refractivity contribution < 1.29 is 9.90 Å². The van der Waals surface area contributed by atoms with Gasteiger partial charge in [0.15, 0.2) is 0 Å². The van der Waals surface area contributed by atoms with Crippen molar-refractivity contribution in [2.75, 3.05) is 0 Å². The molecule has 2 nitrogen and oxygen atoms in total. The zero-order valence-electron chi connectivity index (χ0n) is 10.3. The van der Waals surface area contributed by atoms with Gasteiger partial charge in [0.25, 0.3) is 0 Å². The molecule has 0 bridgehead atoms. The third kappa shape index (κ3) is 3.30. The van der Waals surface area contributed by atoms with Crippen LogP contribution in [0.4, 0.5) is 0 Å². The molecular formula is C13H24O2. The molecule has 0 heterocycles. The van der Waals surface area contributed by atoms with Crippen molar-refractivity contribution in [3.05, 3.63) is 0 Å². The molecule has 0 aromatic carbocycles. The molecule has 1 atom stereocenters. The quantitative estimate of drug-likeness (QED) is 0.735. The van der Waals surface area contributed by atoms with Gasteiger partial charge < -0.3 is 5.11 Å². The second-order valence-electron chi connectivity index (χ2n) is 5.25. The van der Waals surface area contributed by atoms with Gasteiger partial charge in [0.1, 0.15) is 5.78 Å². The summed E-state index contributed by atoms with van der Waals surface area (Å²) >= 11 is 0. The number of Topliss-reactive ketones (excluding diaryl/α,β-unsaturated/α-hetero) is 1. The molecule has 2 heteroatoms. The topological polar surface area (TPSA) is 37.3 Å². The Kier molecular flexibility index (Phi) is 4.32. The van der Waals surface area contributed by atoms with Crippen molar-refractivity contribution in [1.29, 1.82) is 0 Å². The Balaban J connectivity index is 2.38. The van der Waals surface area contributed by atoms with Crippen LogP contribution in [0.1, 0.15) is 59.3 Å². The highest BCUT2D eigenvalue weighted by Gasteiger charge is 2.43. The highest BCUT2D eigenvalue weighted by atomic mass is 16.3. The van der Waals surface area contributed by atoms with Crippen molar-refractivity contribution >= 4 is 5.78 Å². The first-order valence-corrected chi connectivity index (χ1v) is 6.26. The van der Waals surface area contributed by atoms with E-state index in [2.05, 4.69) is 13.8 Å². The molecule has 1 unspecified atom stereocenters. The molecule has 0 aromatic rings. The van der Waals surface area contributed by atoms with E-state index in [1.165, 1.54) is 0 Å². The predicted octanol–water partition coefficient (Wildman–Crippen LogP) is 2.93. The summed E-state index contributed by atoms with van der Waals surface area (Å²) in [4.78, 5) is 12.0. The minimum Gasteiger partial charge on any atom is -0.390 e. The van der Waals surface area contributed by atoms with Gasteiger partial charge in [0, 0.05) is 11.8 Å². The second-order valence-corrected chi connectivity index (χ2v) is 5.25. The van der Waals surface area contributed by atoms with E-state index in [1.54, 1.807) is 0 Å². The maximum atomic E-state index is 12.0. The normalized spacial score (nSPS) is 32.1. The molecule has 0 spiro atoms. The van der Waals surface area contributed by atoms with Crippen LogP contribution in [-0.4, -0.2) is 16.5 Å². The van der Waals surface area contributed by atoms with Gasteiger partial charge >= 0.3 is 0 Å². The fourth-order valence-electron chi connectivity index (χ4n) is 2.53. The van der Waals surface area contributed by atoms with E-state index in [0.717, 1.165) is 25.7 Å². The summed E-state index contributed by atoms with van der Waals surface area (Å²) in [5.41, 5.74) is -0.566. The molecule has 0 radical (unpaired) electrons. The molecule has 0 aromatic heterocycles. The molecule has 1 fully saturated rings. The summed E-state index contributed by atoms with van der Waals surface area (Å²) in [6, 6.07) is 0. The second kappa shape index (κ2) is 5.11. The van der Waals surface area contributed by atoms with Gasteiger partial charge in [-0.3, -0.25) is 4.79 Å². The van der Waals surface area contributed by atoms with E-state index >= 15 is 0 Å². The first-order valence-electron chi connectivity index (χ1n) is 6.26. The van der Waals surface area contributed by atoms with Gasteiger partial charge in [-0.2, -0.15) is 0 Å². The average molecular weight is 212 g/mol. The zero-order valence-corrected chi connectivity index (χ0v) is 10.3. The smallest absolute Gasteiger partial charge is 0.139 e. The number of rotatable bonds is 6. The Labute approximate surface area is 93.1 Å². The van der Waals surface area contributed by atoms with Crippen LogP contribution in [-0.2, 0) is 4.79 Å². The van der Waals surface area contributed by atoms with Crippen LogP contribution in [0.25, 0.3) is 0 Å². The number of ketones is 1. The van der Waals surface area contributed by atoms with E-state index in [9.17, 15) is 9.90 Å². The van der Waals surface area contributed by atoms with Crippen molar-refractivity contribution in [2.45, 2.75) is 64.9 Å². The highest BCUT2D eigenvalue weighted by molar-refractivity contribution is 5.84. The third-order valence-electron chi connectivity index (χ3n) is 3.58. The van der Waals surface area contributed by atoms with Crippen molar-refractivity contribution in [3.8, 4) is 0 Å². The van der Waals surface area contributed by atoms with Crippen LogP contribution >= 0.6 is 0 Å². The lowest BCUT2D eigenvalue weighted by Gasteiger charge is -2.41. The molecular weight excluding hydrogens is 188 g/mol. The summed E-state index contributed by atoms with van der Waals surface area (Å²) in [7, 11) is 0. The number of carbonyl (C=O) groups excluding carboxylic acids is 1. The van der Waals surface area contributed by atoms with Gasteiger partial charge in [-0.25, -0.2) is 0 Å². The van der Waals surface area contributed by atoms with E-state index in [0.29, 0.717) is 18.6 Å². The lowest BCUT2D eigenvalue weighted by Crippen LogP contribution is -2.46. The minimum absolute atomic E-state index is 0.141. The number of carbonyl (C=O) groups is 1. The molecule has 1 saturated carbocycles. The lowest BCUT2D eigenvalue weighted by molar-refractivity contribution is -0.141. The fraction of sp³-hybridized carbons (Fsp3) is 0.923. The number of hydrogen-bond acceptors (Lipinski definition) is 2. The first kappa shape index (κ1) is 12.7. The van der Waals surface area contributed by atoms with Crippen molar-refractivity contribution in [1.82, 2.24) is 0 Å². The monoisotopic (exact) mass is 212 g/mol. The largest absolute Gasteiger partial charge is 0.390 e. The maximum Gasteiger partial charge on any atom is 0.139 e. The minimum atomic E-state index is -0.566. The fourth-order valence-corrected chi connectivity index (χ4v) is 2.53. The Morgan fingerprint density at radius 3 is 2.47 bits per heavy atom. The Morgan fingerprint density at radius 1 is 1.47 bits per heavy atom. The van der Waals surface area contributed by atoms with Crippen LogP contribution < -0.4 is 0 Å². The van der Waals surface area contributed by atoms with Gasteiger partial charge in [-0.1, -0.05) is 26.7 Å². The van der Waals surface area contributed by atoms with E-state index in [-0.39, 0.29) is 11.8 Å². The van der Waals surface area contributed by atoms with E-state index < -0.39 is 5.60 Å². The maximum absolute atomic E-state index is 12.0. The summed E-state index contributed by atoms with van der Waals surface area (Å²) in [5.74, 6) is 0.783. The van der Waals surface area contributed by atoms with Gasteiger partial charge in [0.05, 0.1) is 5.60 Å². The van der Waals surface area contributed by atoms with Crippen LogP contribution in [0.3, 0.4) is 0 Å². The summed E-state index contributed by atoms with van der Waals surface area (Å²) in [6.07, 6.45) is 5.64.